The zero-order valence-electron chi connectivity index (χ0n) is 78.6. The molecule has 7 nitrogen and oxygen atoms in total. The fraction of sp³-hybridized carbons (Fsp3) is 0.192. The van der Waals surface area contributed by atoms with Crippen LogP contribution in [0.2, 0.25) is 0 Å². The normalized spacial score (nSPS) is 15.2. The molecule has 0 fully saturated rings. The Morgan fingerprint density at radius 2 is 0.616 bits per heavy atom. The van der Waals surface area contributed by atoms with E-state index in [0.29, 0.717) is 56.3 Å². The van der Waals surface area contributed by atoms with Crippen LogP contribution in [-0.4, -0.2) is 20.4 Å². The summed E-state index contributed by atoms with van der Waals surface area (Å²) in [7, 11) is 0. The minimum Gasteiger partial charge on any atom is -0.452 e. The summed E-state index contributed by atoms with van der Waals surface area (Å²) in [6.45, 7) is 32.7. The summed E-state index contributed by atoms with van der Waals surface area (Å²) in [5.41, 5.74) is 19.6. The number of benzene rings is 14. The highest BCUT2D eigenvalue weighted by Gasteiger charge is 2.46. The van der Waals surface area contributed by atoms with Crippen molar-refractivity contribution in [1.29, 1.82) is 0 Å². The molecule has 8 heteroatoms. The first-order valence-corrected chi connectivity index (χ1v) is 38.8. The van der Waals surface area contributed by atoms with E-state index in [2.05, 4.69) is 268 Å². The zero-order valence-corrected chi connectivity index (χ0v) is 65.6. The van der Waals surface area contributed by atoms with Gasteiger partial charge in [0, 0.05) is 82.3 Å². The van der Waals surface area contributed by atoms with Crippen molar-refractivity contribution < 1.29 is 26.7 Å². The predicted octanol–water partition coefficient (Wildman–Crippen LogP) is 27.0. The standard InChI is InChI=1S/C104H90BN5O2/c1-100(2,3)63-42-49-83-75(54-63)76-55-64(101(4,5)6)43-50-84(76)107(83)87-37-23-31-71-73-33-25-39-89(98(73)111-96(71)87)109-91-53-62(61-27-17-16-18-28-61)41-47-79(91)105-80-48-46-68(106-81-35-21-19-29-69(81)70-30-20-22-36-82(70)106)60-92(80)110(94-59-67(104(13,14)15)58-93(109)95(94)105)90-40-26-34-74-72-32-24-38-88(97(72)112-99(74)90)108-85-51-44-65(102(7,8)9)56-77(85)78-57-66(103(10,11)12)45-52-86(78)108/h16-60H,1-15H3/i16D,17D,18D,19D,20D,21D,22D,27D,28D,29D,30D,35D,36D. The van der Waals surface area contributed by atoms with E-state index in [1.807, 2.05) is 48.5 Å². The van der Waals surface area contributed by atoms with Gasteiger partial charge in [-0.15, -0.1) is 0 Å². The molecule has 2 aliphatic heterocycles. The van der Waals surface area contributed by atoms with Crippen LogP contribution in [0.1, 0.15) is 149 Å². The van der Waals surface area contributed by atoms with Gasteiger partial charge in [0.05, 0.1) is 73.7 Å². The molecule has 5 aromatic heterocycles. The van der Waals surface area contributed by atoms with E-state index in [-0.39, 0.29) is 61.1 Å². The Morgan fingerprint density at radius 1 is 0.259 bits per heavy atom. The summed E-state index contributed by atoms with van der Waals surface area (Å²) in [5, 5.41) is 7.74. The van der Waals surface area contributed by atoms with Gasteiger partial charge in [-0.25, -0.2) is 0 Å². The number of fused-ring (bicyclic) bond motifs is 19. The van der Waals surface area contributed by atoms with Crippen LogP contribution in [0.5, 0.6) is 0 Å². The maximum absolute atomic E-state index is 9.82. The van der Waals surface area contributed by atoms with Crippen molar-refractivity contribution in [3.05, 3.63) is 300 Å². The molecule has 19 aromatic rings. The Balaban J connectivity index is 0.881. The van der Waals surface area contributed by atoms with Crippen LogP contribution >= 0.6 is 0 Å². The van der Waals surface area contributed by atoms with Crippen LogP contribution in [0.3, 0.4) is 0 Å². The van der Waals surface area contributed by atoms with Crippen LogP contribution in [-0.2, 0) is 27.1 Å². The molecule has 0 saturated carbocycles. The van der Waals surface area contributed by atoms with E-state index >= 15 is 0 Å². The van der Waals surface area contributed by atoms with Gasteiger partial charge in [0.25, 0.3) is 6.71 Å². The number of nitrogens with zero attached hydrogens (tertiary/aromatic N) is 5. The molecule has 7 heterocycles. The highest BCUT2D eigenvalue weighted by molar-refractivity contribution is 7.00. The molecule has 0 radical (unpaired) electrons. The Labute approximate surface area is 672 Å². The molecule has 14 aromatic carbocycles. The molecular formula is C104H90BN5O2. The van der Waals surface area contributed by atoms with Crippen molar-refractivity contribution in [1.82, 2.24) is 13.7 Å². The Hall–Kier alpha value is -12.3. The Kier molecular flexibility index (Phi) is 11.7. The maximum Gasteiger partial charge on any atom is 0.252 e. The van der Waals surface area contributed by atoms with Gasteiger partial charge in [-0.1, -0.05) is 261 Å². The molecule has 112 heavy (non-hydrogen) atoms. The largest absolute Gasteiger partial charge is 0.452 e. The van der Waals surface area contributed by atoms with E-state index in [4.69, 9.17) is 15.7 Å². The summed E-state index contributed by atoms with van der Waals surface area (Å²) in [6.07, 6.45) is 0. The second-order valence-electron chi connectivity index (χ2n) is 36.0. The van der Waals surface area contributed by atoms with Crippen LogP contribution in [0.4, 0.5) is 34.1 Å². The third-order valence-corrected chi connectivity index (χ3v) is 23.9. The van der Waals surface area contributed by atoms with Crippen molar-refractivity contribution in [2.24, 2.45) is 0 Å². The van der Waals surface area contributed by atoms with Crippen molar-refractivity contribution in [2.45, 2.75) is 131 Å². The average molecular weight is 1470 g/mol. The first kappa shape index (κ1) is 55.2. The van der Waals surface area contributed by atoms with Gasteiger partial charge in [-0.2, -0.15) is 0 Å². The third-order valence-electron chi connectivity index (χ3n) is 23.9. The molecule has 0 saturated heterocycles. The number of hydrogen-bond acceptors (Lipinski definition) is 4. The topological polar surface area (TPSA) is 47.6 Å². The monoisotopic (exact) mass is 1460 g/mol. The summed E-state index contributed by atoms with van der Waals surface area (Å²) < 4.78 is 144. The number of rotatable bonds is 6. The van der Waals surface area contributed by atoms with Crippen molar-refractivity contribution >= 4 is 167 Å². The Bertz CT molecular complexity index is 7840. The van der Waals surface area contributed by atoms with E-state index in [0.717, 1.165) is 110 Å². The minimum absolute atomic E-state index is 0.0160. The van der Waals surface area contributed by atoms with E-state index in [1.165, 1.54) is 22.3 Å². The molecule has 21 rings (SSSR count). The molecule has 0 atom stereocenters. The Morgan fingerprint density at radius 3 is 1.02 bits per heavy atom. The summed E-state index contributed by atoms with van der Waals surface area (Å²) >= 11 is 0. The van der Waals surface area contributed by atoms with Gasteiger partial charge in [-0.05, 0) is 198 Å². The van der Waals surface area contributed by atoms with Crippen LogP contribution in [0.15, 0.2) is 282 Å². The average Bonchev–Trinajstić information content (AvgIpc) is 1.61. The molecule has 0 amide bonds. The lowest BCUT2D eigenvalue weighted by atomic mass is 9.33. The van der Waals surface area contributed by atoms with Gasteiger partial charge in [-0.3, -0.25) is 0 Å². The smallest absolute Gasteiger partial charge is 0.252 e. The highest BCUT2D eigenvalue weighted by Crippen LogP contribution is 2.53. The number of aromatic nitrogens is 3. The molecule has 0 N–H and O–H groups in total. The number of para-hydroxylation sites is 6. The first-order chi connectivity index (χ1) is 59.1. The third kappa shape index (κ3) is 10.0. The lowest BCUT2D eigenvalue weighted by Crippen LogP contribution is -2.61. The molecule has 0 spiro atoms. The van der Waals surface area contributed by atoms with Gasteiger partial charge >= 0.3 is 0 Å². The molecule has 0 aliphatic carbocycles. The second kappa shape index (κ2) is 23.6. The van der Waals surface area contributed by atoms with Crippen molar-refractivity contribution in [3.63, 3.8) is 0 Å². The molecule has 546 valence electrons. The van der Waals surface area contributed by atoms with E-state index in [9.17, 15) is 11.0 Å². The zero-order chi connectivity index (χ0) is 88.0. The SMILES string of the molecule is [2H]c1c([2H])c([2H])c(-c2ccc3c(c2)N(c2cccc4c2oc2c(-n5c6ccc(C(C)(C)C)cc6c6cc(C(C)(C)C)ccc65)cccc24)c2cc(C(C)(C)C)cc4c2B3c2ccc(-n3c5c([2H])c([2H])c([2H])c([2H])c5c5c([2H])c([2H])c([2H])c([2H])c53)cc2N4c2cccc3c2oc2c(-n4c5ccc(C(C)(C)C)cc5c5cc(C(C)(C)C)ccc54)cccc23)c([2H])c1[2H]. The first-order valence-electron chi connectivity index (χ1n) is 45.3. The van der Waals surface area contributed by atoms with E-state index < -0.39 is 78.6 Å². The van der Waals surface area contributed by atoms with Gasteiger partial charge in [0.15, 0.2) is 22.3 Å². The number of anilines is 6. The van der Waals surface area contributed by atoms with Crippen molar-refractivity contribution in [2.75, 3.05) is 9.80 Å². The number of furan rings is 2. The fourth-order valence-corrected chi connectivity index (χ4v) is 18.0. The summed E-state index contributed by atoms with van der Waals surface area (Å²) in [5.74, 6) is 0. The van der Waals surface area contributed by atoms with Crippen LogP contribution in [0.25, 0.3) is 137 Å². The number of hydrogen-bond donors (Lipinski definition) is 0. The lowest BCUT2D eigenvalue weighted by molar-refractivity contribution is 0.590. The molecule has 0 bridgehead atoms. The van der Waals surface area contributed by atoms with Gasteiger partial charge < -0.3 is 32.3 Å². The minimum atomic E-state index is -0.703. The van der Waals surface area contributed by atoms with Crippen LogP contribution < -0.4 is 26.2 Å². The fourth-order valence-electron chi connectivity index (χ4n) is 18.0. The van der Waals surface area contributed by atoms with Crippen LogP contribution in [0, 0.1) is 0 Å². The summed E-state index contributed by atoms with van der Waals surface area (Å²) in [6, 6.07) is 62.2. The van der Waals surface area contributed by atoms with Gasteiger partial charge in [0.2, 0.25) is 0 Å². The van der Waals surface area contributed by atoms with E-state index in [1.54, 1.807) is 4.57 Å². The highest BCUT2D eigenvalue weighted by atomic mass is 16.3. The predicted molar refractivity (Wildman–Crippen MR) is 477 cm³/mol. The lowest BCUT2D eigenvalue weighted by Gasteiger charge is -2.45. The quantitative estimate of drug-likeness (QED) is 0.156. The van der Waals surface area contributed by atoms with Gasteiger partial charge in [0.1, 0.15) is 0 Å². The maximum atomic E-state index is 9.82. The van der Waals surface area contributed by atoms with Crippen molar-refractivity contribution in [3.8, 4) is 28.2 Å². The molecule has 0 unspecified atom stereocenters. The second-order valence-corrected chi connectivity index (χ2v) is 36.0. The summed E-state index contributed by atoms with van der Waals surface area (Å²) in [4.78, 5) is 4.46. The molecule has 2 aliphatic rings. The molecular weight excluding hydrogens is 1360 g/mol.